The molecule has 1 amide bonds. The third kappa shape index (κ3) is 3.96. The summed E-state index contributed by atoms with van der Waals surface area (Å²) in [5, 5.41) is 4.52. The molecule has 4 rings (SSSR count). The van der Waals surface area contributed by atoms with Gasteiger partial charge in [-0.2, -0.15) is 4.37 Å². The molecule has 1 aromatic rings. The third-order valence-corrected chi connectivity index (χ3v) is 6.48. The summed E-state index contributed by atoms with van der Waals surface area (Å²) < 4.78 is 4.28. The van der Waals surface area contributed by atoms with Crippen LogP contribution in [0.2, 0.25) is 0 Å². The van der Waals surface area contributed by atoms with E-state index >= 15 is 0 Å². The number of hydrogen-bond acceptors (Lipinski definition) is 7. The summed E-state index contributed by atoms with van der Waals surface area (Å²) in [5.41, 5.74) is 0. The summed E-state index contributed by atoms with van der Waals surface area (Å²) in [6.07, 6.45) is 3.33. The zero-order valence-electron chi connectivity index (χ0n) is 15.0. The van der Waals surface area contributed by atoms with Crippen LogP contribution in [0.5, 0.6) is 0 Å². The van der Waals surface area contributed by atoms with Crippen LogP contribution in [0.4, 0.5) is 5.13 Å². The molecule has 1 N–H and O–H groups in total. The number of amides is 1. The fraction of sp³-hybridized carbons (Fsp3) is 0.824. The molecule has 3 aliphatic rings. The molecule has 1 aromatic heterocycles. The second-order valence-corrected chi connectivity index (χ2v) is 8.24. The van der Waals surface area contributed by atoms with Crippen LogP contribution in [-0.4, -0.2) is 83.5 Å². The van der Waals surface area contributed by atoms with Gasteiger partial charge in [0.1, 0.15) is 5.82 Å². The highest BCUT2D eigenvalue weighted by Crippen LogP contribution is 2.22. The van der Waals surface area contributed by atoms with Crippen LogP contribution in [0.3, 0.4) is 0 Å². The molecule has 8 heteroatoms. The first kappa shape index (κ1) is 17.2. The fourth-order valence-electron chi connectivity index (χ4n) is 4.20. The lowest BCUT2D eigenvalue weighted by Crippen LogP contribution is -2.48. The van der Waals surface area contributed by atoms with Crippen molar-refractivity contribution < 1.29 is 4.79 Å². The minimum atomic E-state index is 0.0498. The number of nitrogens with zero attached hydrogens (tertiary/aromatic N) is 5. The van der Waals surface area contributed by atoms with E-state index in [2.05, 4.69) is 24.5 Å². The quantitative estimate of drug-likeness (QED) is 0.843. The summed E-state index contributed by atoms with van der Waals surface area (Å²) >= 11 is 1.50. The van der Waals surface area contributed by atoms with Gasteiger partial charge in [-0.05, 0) is 38.6 Å². The van der Waals surface area contributed by atoms with Crippen molar-refractivity contribution in [2.24, 2.45) is 5.92 Å². The lowest BCUT2D eigenvalue weighted by molar-refractivity contribution is -0.132. The van der Waals surface area contributed by atoms with Crippen molar-refractivity contribution in [1.29, 1.82) is 0 Å². The average Bonchev–Trinajstić information content (AvgIpc) is 3.37. The van der Waals surface area contributed by atoms with E-state index in [9.17, 15) is 4.79 Å². The van der Waals surface area contributed by atoms with Gasteiger partial charge in [0.25, 0.3) is 0 Å². The lowest BCUT2D eigenvalue weighted by atomic mass is 10.0. The van der Waals surface area contributed by atoms with Gasteiger partial charge in [-0.25, -0.2) is 4.98 Å². The Balaban J connectivity index is 1.22. The summed E-state index contributed by atoms with van der Waals surface area (Å²) in [7, 11) is 0. The Morgan fingerprint density at radius 2 is 1.96 bits per heavy atom. The number of aromatic nitrogens is 2. The summed E-state index contributed by atoms with van der Waals surface area (Å²) in [4.78, 5) is 23.9. The molecule has 0 aromatic carbocycles. The van der Waals surface area contributed by atoms with Crippen LogP contribution >= 0.6 is 11.5 Å². The van der Waals surface area contributed by atoms with Gasteiger partial charge in [-0.15, -0.1) is 0 Å². The van der Waals surface area contributed by atoms with E-state index in [-0.39, 0.29) is 6.04 Å². The molecule has 138 valence electrons. The molecule has 0 unspecified atom stereocenters. The Bertz CT molecular complexity index is 594. The molecule has 0 aliphatic carbocycles. The number of rotatable bonds is 4. The molecule has 3 aliphatic heterocycles. The van der Waals surface area contributed by atoms with Crippen LogP contribution in [0.1, 0.15) is 25.1 Å². The lowest BCUT2D eigenvalue weighted by Gasteiger charge is -2.35. The van der Waals surface area contributed by atoms with Gasteiger partial charge in [0.2, 0.25) is 11.0 Å². The molecule has 0 spiro atoms. The highest BCUT2D eigenvalue weighted by Gasteiger charge is 2.34. The van der Waals surface area contributed by atoms with Crippen LogP contribution in [0.25, 0.3) is 0 Å². The molecular formula is C17H28N6OS. The SMILES string of the molecule is Cc1nsc(N2CCN(C[C@@H]3CN[C@H](C(=O)N4CCCC4)C3)CC2)n1. The topological polar surface area (TPSA) is 64.6 Å². The fourth-order valence-corrected chi connectivity index (χ4v) is 4.92. The predicted molar refractivity (Wildman–Crippen MR) is 99.0 cm³/mol. The van der Waals surface area contributed by atoms with E-state index in [0.29, 0.717) is 11.8 Å². The molecule has 2 atom stereocenters. The minimum absolute atomic E-state index is 0.0498. The van der Waals surface area contributed by atoms with Crippen LogP contribution in [-0.2, 0) is 4.79 Å². The van der Waals surface area contributed by atoms with E-state index < -0.39 is 0 Å². The highest BCUT2D eigenvalue weighted by atomic mass is 32.1. The minimum Gasteiger partial charge on any atom is -0.344 e. The Morgan fingerprint density at radius 1 is 1.20 bits per heavy atom. The van der Waals surface area contributed by atoms with Crippen molar-refractivity contribution in [2.75, 3.05) is 57.3 Å². The monoisotopic (exact) mass is 364 g/mol. The number of nitrogens with one attached hydrogen (secondary N) is 1. The number of carbonyl (C=O) groups is 1. The Labute approximate surface area is 153 Å². The molecule has 3 saturated heterocycles. The number of anilines is 1. The Hall–Kier alpha value is -1.25. The van der Waals surface area contributed by atoms with Crippen molar-refractivity contribution in [1.82, 2.24) is 24.5 Å². The van der Waals surface area contributed by atoms with Crippen LogP contribution < -0.4 is 10.2 Å². The zero-order valence-corrected chi connectivity index (χ0v) is 15.8. The average molecular weight is 365 g/mol. The molecular weight excluding hydrogens is 336 g/mol. The normalized spacial score (nSPS) is 28.0. The van der Waals surface area contributed by atoms with Gasteiger partial charge < -0.3 is 15.1 Å². The maximum Gasteiger partial charge on any atom is 0.239 e. The number of hydrogen-bond donors (Lipinski definition) is 1. The van der Waals surface area contributed by atoms with Crippen LogP contribution in [0, 0.1) is 12.8 Å². The highest BCUT2D eigenvalue weighted by molar-refractivity contribution is 7.09. The smallest absolute Gasteiger partial charge is 0.239 e. The zero-order chi connectivity index (χ0) is 17.2. The first-order chi connectivity index (χ1) is 12.2. The van der Waals surface area contributed by atoms with Gasteiger partial charge >= 0.3 is 0 Å². The number of piperazine rings is 1. The summed E-state index contributed by atoms with van der Waals surface area (Å²) in [5.74, 6) is 1.79. The van der Waals surface area contributed by atoms with E-state index in [4.69, 9.17) is 0 Å². The van der Waals surface area contributed by atoms with Gasteiger partial charge in [0, 0.05) is 57.3 Å². The first-order valence-electron chi connectivity index (χ1n) is 9.49. The predicted octanol–water partition coefficient (Wildman–Crippen LogP) is 0.569. The number of aryl methyl sites for hydroxylation is 1. The standard InChI is InChI=1S/C17H28N6OS/c1-13-19-17(25-20-13)23-8-6-21(7-9-23)12-14-10-15(18-11-14)16(24)22-4-2-3-5-22/h14-15,18H,2-12H2,1H3/t14-,15-/m0/s1. The largest absolute Gasteiger partial charge is 0.344 e. The maximum absolute atomic E-state index is 12.5. The molecule has 0 saturated carbocycles. The van der Waals surface area contributed by atoms with Gasteiger partial charge in [-0.3, -0.25) is 9.69 Å². The molecule has 7 nitrogen and oxygen atoms in total. The van der Waals surface area contributed by atoms with Crippen molar-refractivity contribution in [3.63, 3.8) is 0 Å². The van der Waals surface area contributed by atoms with Crippen molar-refractivity contribution in [2.45, 2.75) is 32.2 Å². The second-order valence-electron chi connectivity index (χ2n) is 7.51. The van der Waals surface area contributed by atoms with E-state index in [1.165, 1.54) is 24.4 Å². The van der Waals surface area contributed by atoms with E-state index in [1.807, 2.05) is 11.8 Å². The molecule has 0 bridgehead atoms. The van der Waals surface area contributed by atoms with Crippen molar-refractivity contribution >= 4 is 22.6 Å². The maximum atomic E-state index is 12.5. The molecule has 4 heterocycles. The molecule has 25 heavy (non-hydrogen) atoms. The second kappa shape index (κ2) is 7.55. The Morgan fingerprint density at radius 3 is 2.64 bits per heavy atom. The summed E-state index contributed by atoms with van der Waals surface area (Å²) in [6.45, 7) is 10.1. The Kier molecular flexibility index (Phi) is 5.19. The van der Waals surface area contributed by atoms with Crippen molar-refractivity contribution in [3.8, 4) is 0 Å². The van der Waals surface area contributed by atoms with Gasteiger partial charge in [-0.1, -0.05) is 0 Å². The molecule has 0 radical (unpaired) electrons. The van der Waals surface area contributed by atoms with E-state index in [0.717, 1.165) is 69.7 Å². The first-order valence-corrected chi connectivity index (χ1v) is 10.3. The number of carbonyl (C=O) groups excluding carboxylic acids is 1. The van der Waals surface area contributed by atoms with Gasteiger partial charge in [0.05, 0.1) is 6.04 Å². The molecule has 3 fully saturated rings. The van der Waals surface area contributed by atoms with Gasteiger partial charge in [0.15, 0.2) is 0 Å². The van der Waals surface area contributed by atoms with E-state index in [1.54, 1.807) is 0 Å². The third-order valence-electron chi connectivity index (χ3n) is 5.61. The summed E-state index contributed by atoms with van der Waals surface area (Å²) in [6, 6.07) is 0.0498. The van der Waals surface area contributed by atoms with Crippen LogP contribution in [0.15, 0.2) is 0 Å². The number of likely N-dealkylation sites (tertiary alicyclic amines) is 1. The van der Waals surface area contributed by atoms with Crippen molar-refractivity contribution in [3.05, 3.63) is 5.82 Å².